The lowest BCUT2D eigenvalue weighted by Gasteiger charge is -2.26. The van der Waals surface area contributed by atoms with Crippen LogP contribution in [-0.4, -0.2) is 107 Å². The van der Waals surface area contributed by atoms with Gasteiger partial charge in [-0.25, -0.2) is 4.79 Å². The molecule has 2 aromatic carbocycles. The molecule has 2 aromatic rings. The molecule has 6 atom stereocenters. The number of rotatable bonds is 21. The highest BCUT2D eigenvalue weighted by atomic mass is 35.5. The Labute approximate surface area is 314 Å². The molecule has 296 valence electrons. The van der Waals surface area contributed by atoms with E-state index in [1.807, 2.05) is 5.32 Å². The molecular formula is C34H45ClF2N8O9. The minimum absolute atomic E-state index is 0.0561. The van der Waals surface area contributed by atoms with E-state index in [-0.39, 0.29) is 37.9 Å². The molecule has 54 heavy (non-hydrogen) atoms. The van der Waals surface area contributed by atoms with Crippen molar-refractivity contribution in [1.29, 1.82) is 0 Å². The van der Waals surface area contributed by atoms with E-state index in [1.165, 1.54) is 0 Å². The van der Waals surface area contributed by atoms with Crippen LogP contribution in [0.2, 0.25) is 5.02 Å². The van der Waals surface area contributed by atoms with Crippen LogP contribution >= 0.6 is 11.6 Å². The smallest absolute Gasteiger partial charge is 0.401 e. The van der Waals surface area contributed by atoms with Gasteiger partial charge in [0, 0.05) is 10.6 Å². The molecule has 0 spiro atoms. The van der Waals surface area contributed by atoms with Gasteiger partial charge in [-0.1, -0.05) is 35.9 Å². The topological polar surface area (TPSA) is 298 Å². The number of nitrogens with one attached hydrogen (secondary N) is 5. The summed E-state index contributed by atoms with van der Waals surface area (Å²) in [5.74, 6) is -14.6. The molecule has 0 heterocycles. The molecule has 0 aliphatic heterocycles. The van der Waals surface area contributed by atoms with Crippen molar-refractivity contribution in [3.05, 3.63) is 59.1 Å². The predicted molar refractivity (Wildman–Crippen MR) is 192 cm³/mol. The molecule has 5 amide bonds. The normalized spacial score (nSPS) is 14.6. The molecule has 0 fully saturated rings. The minimum Gasteiger partial charge on any atom is -0.476 e. The summed E-state index contributed by atoms with van der Waals surface area (Å²) in [6, 6.07) is 7.08. The number of ketones is 1. The molecule has 0 radical (unpaired) electrons. The molecule has 0 aromatic heterocycles. The monoisotopic (exact) mass is 782 g/mol. The molecule has 0 aliphatic carbocycles. The number of nitrogens with two attached hydrogens (primary N) is 3. The van der Waals surface area contributed by atoms with Crippen LogP contribution in [0.4, 0.5) is 8.78 Å². The van der Waals surface area contributed by atoms with Gasteiger partial charge in [0.15, 0.2) is 6.17 Å². The van der Waals surface area contributed by atoms with Crippen molar-refractivity contribution in [2.45, 2.75) is 81.9 Å². The summed E-state index contributed by atoms with van der Waals surface area (Å²) in [7, 11) is 0. The lowest BCUT2D eigenvalue weighted by molar-refractivity contribution is -0.172. The highest BCUT2D eigenvalue weighted by Gasteiger charge is 2.50. The maximum atomic E-state index is 13.7. The number of carbonyl (C=O) groups is 7. The number of aliphatic carboxylic acids is 1. The molecule has 2 rings (SSSR count). The van der Waals surface area contributed by atoms with Crippen LogP contribution < -0.4 is 43.8 Å². The summed E-state index contributed by atoms with van der Waals surface area (Å²) in [5, 5.41) is 30.6. The number of carboxylic acids is 1. The Kier molecular flexibility index (Phi) is 17.5. The van der Waals surface area contributed by atoms with Crippen molar-refractivity contribution < 1.29 is 52.6 Å². The van der Waals surface area contributed by atoms with Crippen molar-refractivity contribution in [3.8, 4) is 11.1 Å². The van der Waals surface area contributed by atoms with Crippen LogP contribution in [0.1, 0.15) is 49.9 Å². The van der Waals surface area contributed by atoms with Crippen molar-refractivity contribution in [2.24, 2.45) is 17.2 Å². The van der Waals surface area contributed by atoms with Crippen LogP contribution in [0.5, 0.6) is 0 Å². The lowest BCUT2D eigenvalue weighted by Crippen LogP contribution is -2.63. The molecule has 17 nitrogen and oxygen atoms in total. The van der Waals surface area contributed by atoms with Gasteiger partial charge in [-0.3, -0.25) is 28.8 Å². The third kappa shape index (κ3) is 13.1. The minimum atomic E-state index is -4.80. The molecule has 13 N–H and O–H groups in total. The highest BCUT2D eigenvalue weighted by molar-refractivity contribution is 6.30. The molecular weight excluding hydrogens is 738 g/mol. The van der Waals surface area contributed by atoms with E-state index >= 15 is 0 Å². The molecule has 0 aliphatic rings. The summed E-state index contributed by atoms with van der Waals surface area (Å²) in [6.45, 7) is 2.12. The Hall–Kier alpha value is -5.08. The molecule has 1 unspecified atom stereocenters. The fourth-order valence-corrected chi connectivity index (χ4v) is 5.01. The number of amides is 5. The van der Waals surface area contributed by atoms with E-state index in [0.29, 0.717) is 11.4 Å². The van der Waals surface area contributed by atoms with Crippen LogP contribution in [0.15, 0.2) is 48.5 Å². The van der Waals surface area contributed by atoms with Gasteiger partial charge in [-0.15, -0.1) is 0 Å². The molecule has 0 saturated heterocycles. The van der Waals surface area contributed by atoms with E-state index in [0.717, 1.165) is 25.0 Å². The van der Waals surface area contributed by atoms with Crippen molar-refractivity contribution in [3.63, 3.8) is 0 Å². The number of alkyl halides is 2. The van der Waals surface area contributed by atoms with Crippen molar-refractivity contribution in [2.75, 3.05) is 13.1 Å². The fourth-order valence-electron chi connectivity index (χ4n) is 4.88. The van der Waals surface area contributed by atoms with E-state index in [2.05, 4.69) is 21.3 Å². The van der Waals surface area contributed by atoms with Crippen LogP contribution in [-0.2, 0) is 28.8 Å². The van der Waals surface area contributed by atoms with Gasteiger partial charge < -0.3 is 54.0 Å². The first-order chi connectivity index (χ1) is 25.3. The second kappa shape index (κ2) is 21.0. The number of hydrogen-bond donors (Lipinski definition) is 10. The average molecular weight is 783 g/mol. The number of benzene rings is 2. The Morgan fingerprint density at radius 2 is 1.26 bits per heavy atom. The van der Waals surface area contributed by atoms with Gasteiger partial charge in [-0.2, -0.15) is 8.78 Å². The Balaban J connectivity index is 2.10. The number of carboxylic acid groups (broad SMARTS) is 1. The number of halogens is 3. The number of aliphatic hydroxyl groups is 1. The first-order valence-corrected chi connectivity index (χ1v) is 17.1. The number of Topliss-reactive ketones (excluding diaryl/α,β-unsaturated/α-hetero) is 1. The number of hydrogen-bond acceptors (Lipinski definition) is 11. The van der Waals surface area contributed by atoms with E-state index in [4.69, 9.17) is 33.9 Å². The zero-order valence-electron chi connectivity index (χ0n) is 29.4. The summed E-state index contributed by atoms with van der Waals surface area (Å²) < 4.78 is 27.4. The standard InChI is InChI=1S/C34H45ClF2N8O9/c1-17(26(47)34(36,37)33(53)54)41-29(49)23(5-3-4-15-38)43-32(52)27(40)45-31(51)25(18(2)46)44-30(50)24(14-16-39)42-28(48)21-8-6-19(7-9-21)20-10-12-22(35)13-11-20/h6-13,17-18,23-25,27,46H,3-5,14-16,38-40H2,1-2H3,(H,41,49)(H,42,48)(H,43,52)(H,44,50)(H,45,51)(H,53,54)/t17?,18-,23+,24+,25+,27-/m1/s1. The van der Waals surface area contributed by atoms with Gasteiger partial charge in [0.05, 0.1) is 12.1 Å². The predicted octanol–water partition coefficient (Wildman–Crippen LogP) is -0.872. The van der Waals surface area contributed by atoms with Crippen molar-refractivity contribution in [1.82, 2.24) is 26.6 Å². The Bertz CT molecular complexity index is 1650. The van der Waals surface area contributed by atoms with Gasteiger partial charge in [-0.05, 0) is 88.0 Å². The van der Waals surface area contributed by atoms with E-state index in [1.54, 1.807) is 48.5 Å². The largest absolute Gasteiger partial charge is 0.476 e. The second-order valence-electron chi connectivity index (χ2n) is 12.2. The summed E-state index contributed by atoms with van der Waals surface area (Å²) >= 11 is 5.94. The van der Waals surface area contributed by atoms with Crippen LogP contribution in [0, 0.1) is 0 Å². The first kappa shape index (κ1) is 45.1. The average Bonchev–Trinajstić information content (AvgIpc) is 3.12. The van der Waals surface area contributed by atoms with Gasteiger partial charge in [0.1, 0.15) is 18.1 Å². The number of carbonyl (C=O) groups excluding carboxylic acids is 6. The SMILES string of the molecule is CC(NC(=O)[C@H](CCCCN)NC(=O)[C@H](N)NC(=O)[C@@H](NC(=O)[C@H](CCN)NC(=O)c1ccc(-c2ccc(Cl)cc2)cc1)[C@@H](C)O)C(=O)C(F)(F)C(=O)O. The zero-order valence-corrected chi connectivity index (χ0v) is 30.2. The molecule has 20 heteroatoms. The maximum Gasteiger partial charge on any atom is 0.401 e. The zero-order chi connectivity index (χ0) is 40.7. The summed E-state index contributed by atoms with van der Waals surface area (Å²) in [6.07, 6.45) is -3.05. The van der Waals surface area contributed by atoms with Crippen LogP contribution in [0.25, 0.3) is 11.1 Å². The number of unbranched alkanes of at least 4 members (excludes halogenated alkanes) is 1. The Morgan fingerprint density at radius 3 is 1.78 bits per heavy atom. The fraction of sp³-hybridized carbons (Fsp3) is 0.441. The lowest BCUT2D eigenvalue weighted by atomic mass is 10.0. The van der Waals surface area contributed by atoms with E-state index < -0.39 is 83.6 Å². The Morgan fingerprint density at radius 1 is 0.722 bits per heavy atom. The quantitative estimate of drug-likeness (QED) is 0.0420. The van der Waals surface area contributed by atoms with Gasteiger partial charge in [0.25, 0.3) is 11.8 Å². The molecule has 0 saturated carbocycles. The van der Waals surface area contributed by atoms with Gasteiger partial charge >= 0.3 is 11.9 Å². The maximum absolute atomic E-state index is 13.7. The van der Waals surface area contributed by atoms with Gasteiger partial charge in [0.2, 0.25) is 23.5 Å². The van der Waals surface area contributed by atoms with Crippen molar-refractivity contribution >= 4 is 52.9 Å². The third-order valence-electron chi connectivity index (χ3n) is 7.95. The summed E-state index contributed by atoms with van der Waals surface area (Å²) in [5.41, 5.74) is 18.8. The first-order valence-electron chi connectivity index (χ1n) is 16.7. The second-order valence-corrected chi connectivity index (χ2v) is 12.7. The van der Waals surface area contributed by atoms with Crippen LogP contribution in [0.3, 0.4) is 0 Å². The third-order valence-corrected chi connectivity index (χ3v) is 8.21. The highest BCUT2D eigenvalue weighted by Crippen LogP contribution is 2.22. The summed E-state index contributed by atoms with van der Waals surface area (Å²) in [4.78, 5) is 87.9. The van der Waals surface area contributed by atoms with E-state index in [9.17, 15) is 47.4 Å². The molecule has 0 bridgehead atoms. The number of aliphatic hydroxyl groups excluding tert-OH is 1.